The summed E-state index contributed by atoms with van der Waals surface area (Å²) in [5.41, 5.74) is 0. The van der Waals surface area contributed by atoms with Crippen molar-refractivity contribution >= 4 is 0 Å². The highest BCUT2D eigenvalue weighted by Crippen LogP contribution is 2.18. The van der Waals surface area contributed by atoms with Crippen LogP contribution in [0.3, 0.4) is 0 Å². The lowest BCUT2D eigenvalue weighted by atomic mass is 10.4. The topological polar surface area (TPSA) is 60.2 Å². The van der Waals surface area contributed by atoms with Crippen molar-refractivity contribution in [3.63, 3.8) is 0 Å². The summed E-state index contributed by atoms with van der Waals surface area (Å²) in [6, 6.07) is 0.736. The van der Waals surface area contributed by atoms with Gasteiger partial charge in [-0.25, -0.2) is 0 Å². The number of nitrogens with zero attached hydrogens (tertiary/aromatic N) is 2. The second kappa shape index (κ2) is 5.96. The molecule has 0 unspecified atom stereocenters. The van der Waals surface area contributed by atoms with Gasteiger partial charge in [-0.1, -0.05) is 0 Å². The van der Waals surface area contributed by atoms with Crippen molar-refractivity contribution in [2.24, 2.45) is 0 Å². The first-order valence-corrected chi connectivity index (χ1v) is 6.01. The van der Waals surface area contributed by atoms with Gasteiger partial charge in [0.25, 0.3) is 0 Å². The molecule has 1 saturated carbocycles. The molecular formula is C11H19N3O2. The van der Waals surface area contributed by atoms with Crippen LogP contribution in [0.4, 0.5) is 0 Å². The summed E-state index contributed by atoms with van der Waals surface area (Å²) in [6.07, 6.45) is 4.14. The van der Waals surface area contributed by atoms with E-state index in [9.17, 15) is 0 Å². The zero-order valence-electron chi connectivity index (χ0n) is 9.74. The van der Waals surface area contributed by atoms with E-state index in [2.05, 4.69) is 15.5 Å². The van der Waals surface area contributed by atoms with Crippen LogP contribution in [0.1, 0.15) is 31.5 Å². The molecule has 0 spiro atoms. The number of rotatable bonds is 8. The van der Waals surface area contributed by atoms with Crippen LogP contribution in [0.25, 0.3) is 0 Å². The molecule has 0 radical (unpaired) electrons. The van der Waals surface area contributed by atoms with E-state index in [1.165, 1.54) is 12.8 Å². The highest BCUT2D eigenvalue weighted by molar-refractivity contribution is 4.85. The first kappa shape index (κ1) is 11.5. The van der Waals surface area contributed by atoms with Gasteiger partial charge < -0.3 is 14.5 Å². The Kier molecular flexibility index (Phi) is 4.30. The van der Waals surface area contributed by atoms with E-state index in [0.29, 0.717) is 18.9 Å². The lowest BCUT2D eigenvalue weighted by Gasteiger charge is -1.98. The Labute approximate surface area is 95.6 Å². The molecule has 1 N–H and O–H groups in total. The minimum atomic E-state index is 0.651. The molecule has 5 nitrogen and oxygen atoms in total. The summed E-state index contributed by atoms with van der Waals surface area (Å²) in [6.45, 7) is 4.28. The summed E-state index contributed by atoms with van der Waals surface area (Å²) in [5.74, 6) is 1.40. The van der Waals surface area contributed by atoms with E-state index in [1.807, 2.05) is 6.92 Å². The lowest BCUT2D eigenvalue weighted by molar-refractivity contribution is 0.145. The van der Waals surface area contributed by atoms with Crippen molar-refractivity contribution in [3.05, 3.63) is 11.8 Å². The predicted molar refractivity (Wildman–Crippen MR) is 59.2 cm³/mol. The Morgan fingerprint density at radius 3 is 2.75 bits per heavy atom. The van der Waals surface area contributed by atoms with E-state index < -0.39 is 0 Å². The van der Waals surface area contributed by atoms with Crippen LogP contribution in [0.5, 0.6) is 0 Å². The largest absolute Gasteiger partial charge is 0.425 e. The normalized spacial score (nSPS) is 15.6. The molecule has 16 heavy (non-hydrogen) atoms. The van der Waals surface area contributed by atoms with Gasteiger partial charge in [-0.15, -0.1) is 10.2 Å². The monoisotopic (exact) mass is 225 g/mol. The Balaban J connectivity index is 1.64. The van der Waals surface area contributed by atoms with Crippen LogP contribution in [0.15, 0.2) is 4.42 Å². The maximum absolute atomic E-state index is 5.49. The number of hydrogen-bond donors (Lipinski definition) is 1. The number of nitrogens with one attached hydrogen (secondary N) is 1. The van der Waals surface area contributed by atoms with Gasteiger partial charge in [0.15, 0.2) is 0 Å². The summed E-state index contributed by atoms with van der Waals surface area (Å²) >= 11 is 0. The molecule has 1 aliphatic carbocycles. The highest BCUT2D eigenvalue weighted by atomic mass is 16.5. The molecule has 0 aromatic carbocycles. The predicted octanol–water partition coefficient (Wildman–Crippen LogP) is 0.943. The van der Waals surface area contributed by atoms with Crippen LogP contribution in [0.2, 0.25) is 0 Å². The van der Waals surface area contributed by atoms with Crippen molar-refractivity contribution in [2.75, 3.05) is 19.8 Å². The second-order valence-corrected chi connectivity index (χ2v) is 4.01. The van der Waals surface area contributed by atoms with Gasteiger partial charge in [0.2, 0.25) is 11.8 Å². The van der Waals surface area contributed by atoms with Crippen molar-refractivity contribution in [1.82, 2.24) is 15.5 Å². The van der Waals surface area contributed by atoms with Crippen LogP contribution in [-0.4, -0.2) is 36.0 Å². The summed E-state index contributed by atoms with van der Waals surface area (Å²) in [5, 5.41) is 11.4. The van der Waals surface area contributed by atoms with E-state index in [4.69, 9.17) is 9.15 Å². The highest BCUT2D eigenvalue weighted by Gasteiger charge is 2.20. The molecular weight excluding hydrogens is 206 g/mol. The zero-order chi connectivity index (χ0) is 11.2. The number of aromatic nitrogens is 2. The average molecular weight is 225 g/mol. The van der Waals surface area contributed by atoms with Gasteiger partial charge >= 0.3 is 0 Å². The van der Waals surface area contributed by atoms with Gasteiger partial charge in [-0.3, -0.25) is 0 Å². The Hall–Kier alpha value is -0.940. The van der Waals surface area contributed by atoms with Gasteiger partial charge in [0, 0.05) is 32.0 Å². The molecule has 0 saturated heterocycles. The first-order chi connectivity index (χ1) is 7.88. The van der Waals surface area contributed by atoms with Crippen molar-refractivity contribution in [1.29, 1.82) is 0 Å². The molecule has 0 bridgehead atoms. The van der Waals surface area contributed by atoms with E-state index in [1.54, 1.807) is 0 Å². The van der Waals surface area contributed by atoms with Crippen LogP contribution < -0.4 is 5.32 Å². The van der Waals surface area contributed by atoms with Gasteiger partial charge in [-0.2, -0.15) is 0 Å². The second-order valence-electron chi connectivity index (χ2n) is 4.01. The maximum atomic E-state index is 5.49. The molecule has 5 heteroatoms. The fraction of sp³-hybridized carbons (Fsp3) is 0.818. The standard InChI is InChI=1S/C11H19N3O2/c1-2-15-8-6-11-14-13-10(16-11)5-7-12-9-3-4-9/h9,12H,2-8H2,1H3. The third-order valence-electron chi connectivity index (χ3n) is 2.52. The number of ether oxygens (including phenoxy) is 1. The minimum Gasteiger partial charge on any atom is -0.425 e. The first-order valence-electron chi connectivity index (χ1n) is 6.01. The molecule has 1 fully saturated rings. The molecule has 0 atom stereocenters. The van der Waals surface area contributed by atoms with Crippen LogP contribution >= 0.6 is 0 Å². The Morgan fingerprint density at radius 1 is 1.31 bits per heavy atom. The van der Waals surface area contributed by atoms with E-state index in [-0.39, 0.29) is 0 Å². The van der Waals surface area contributed by atoms with E-state index in [0.717, 1.165) is 31.5 Å². The average Bonchev–Trinajstić information content (AvgIpc) is 2.99. The molecule has 2 rings (SSSR count). The molecule has 0 aliphatic heterocycles. The smallest absolute Gasteiger partial charge is 0.218 e. The molecule has 1 aromatic heterocycles. The molecule has 1 aromatic rings. The van der Waals surface area contributed by atoms with Crippen LogP contribution in [-0.2, 0) is 17.6 Å². The summed E-state index contributed by atoms with van der Waals surface area (Å²) in [7, 11) is 0. The third-order valence-corrected chi connectivity index (χ3v) is 2.52. The van der Waals surface area contributed by atoms with Gasteiger partial charge in [0.05, 0.1) is 6.61 Å². The van der Waals surface area contributed by atoms with E-state index >= 15 is 0 Å². The Morgan fingerprint density at radius 2 is 2.06 bits per heavy atom. The molecule has 0 amide bonds. The maximum Gasteiger partial charge on any atom is 0.218 e. The van der Waals surface area contributed by atoms with Crippen molar-refractivity contribution in [2.45, 2.75) is 38.6 Å². The minimum absolute atomic E-state index is 0.651. The molecule has 90 valence electrons. The van der Waals surface area contributed by atoms with Gasteiger partial charge in [0.1, 0.15) is 0 Å². The van der Waals surface area contributed by atoms with Crippen LogP contribution in [0, 0.1) is 0 Å². The molecule has 1 aliphatic rings. The summed E-state index contributed by atoms with van der Waals surface area (Å²) < 4.78 is 10.7. The summed E-state index contributed by atoms with van der Waals surface area (Å²) in [4.78, 5) is 0. The SMILES string of the molecule is CCOCCc1nnc(CCNC2CC2)o1. The molecule has 1 heterocycles. The third kappa shape index (κ3) is 3.90. The van der Waals surface area contributed by atoms with Crippen molar-refractivity contribution < 1.29 is 9.15 Å². The number of hydrogen-bond acceptors (Lipinski definition) is 5. The zero-order valence-corrected chi connectivity index (χ0v) is 9.74. The fourth-order valence-electron chi connectivity index (χ4n) is 1.46. The fourth-order valence-corrected chi connectivity index (χ4v) is 1.46. The van der Waals surface area contributed by atoms with Crippen molar-refractivity contribution in [3.8, 4) is 0 Å². The quantitative estimate of drug-likeness (QED) is 0.667. The lowest BCUT2D eigenvalue weighted by Crippen LogP contribution is -2.19. The Bertz CT molecular complexity index is 310. The van der Waals surface area contributed by atoms with Gasteiger partial charge in [-0.05, 0) is 19.8 Å².